The van der Waals surface area contributed by atoms with Crippen molar-refractivity contribution in [3.05, 3.63) is 88.8 Å². The van der Waals surface area contributed by atoms with E-state index in [9.17, 15) is 15.3 Å². The summed E-state index contributed by atoms with van der Waals surface area (Å²) in [6.07, 6.45) is -0.367. The van der Waals surface area contributed by atoms with E-state index >= 15 is 0 Å². The molecule has 184 valence electrons. The Morgan fingerprint density at radius 1 is 1.11 bits per heavy atom. The molecule has 2 bridgehead atoms. The summed E-state index contributed by atoms with van der Waals surface area (Å²) < 4.78 is 13.6. The number of benzene rings is 3. The summed E-state index contributed by atoms with van der Waals surface area (Å²) in [5.41, 5.74) is -0.0264. The Bertz CT molecular complexity index is 1660. The van der Waals surface area contributed by atoms with Gasteiger partial charge < -0.3 is 24.8 Å². The second-order valence-electron chi connectivity index (χ2n) is 9.66. The quantitative estimate of drug-likeness (QED) is 0.332. The third kappa shape index (κ3) is 3.14. The topological polar surface area (TPSA) is 112 Å². The molecule has 0 aliphatic carbocycles. The zero-order chi connectivity index (χ0) is 25.9. The van der Waals surface area contributed by atoms with Gasteiger partial charge in [-0.15, -0.1) is 0 Å². The van der Waals surface area contributed by atoms with Crippen LogP contribution in [-0.2, 0) is 15.9 Å². The molecule has 8 nitrogen and oxygen atoms in total. The van der Waals surface area contributed by atoms with Gasteiger partial charge in [0.1, 0.15) is 17.0 Å². The van der Waals surface area contributed by atoms with Gasteiger partial charge in [0.15, 0.2) is 5.69 Å². The van der Waals surface area contributed by atoms with Crippen LogP contribution in [-0.4, -0.2) is 32.6 Å². The van der Waals surface area contributed by atoms with Crippen molar-refractivity contribution in [3.8, 4) is 29.3 Å². The molecule has 8 heteroatoms. The fraction of sp³-hybridized carbons (Fsp3) is 0.241. The lowest BCUT2D eigenvalue weighted by molar-refractivity contribution is -0.107. The van der Waals surface area contributed by atoms with E-state index in [0.29, 0.717) is 51.0 Å². The molecular formula is C29H23N3O5. The van der Waals surface area contributed by atoms with Gasteiger partial charge in [0.2, 0.25) is 11.8 Å². The number of ether oxygens (including phenoxy) is 2. The molecule has 1 saturated heterocycles. The highest BCUT2D eigenvalue weighted by Gasteiger charge is 2.66. The highest BCUT2D eigenvalue weighted by atomic mass is 16.6. The lowest BCUT2D eigenvalue weighted by atomic mass is 9.76. The van der Waals surface area contributed by atoms with E-state index < -0.39 is 17.3 Å². The Hall–Kier alpha value is -4.50. The Balaban J connectivity index is 1.44. The maximum atomic E-state index is 11.5. The predicted octanol–water partition coefficient (Wildman–Crippen LogP) is 5.14. The minimum absolute atomic E-state index is 0.171. The van der Waals surface area contributed by atoms with E-state index in [-0.39, 0.29) is 24.8 Å². The molecule has 0 radical (unpaired) electrons. The smallest absolute Gasteiger partial charge is 0.205 e. The third-order valence-corrected chi connectivity index (χ3v) is 7.62. The lowest BCUT2D eigenvalue weighted by Crippen LogP contribution is -2.33. The van der Waals surface area contributed by atoms with Gasteiger partial charge in [0, 0.05) is 12.8 Å². The standard InChI is InChI=1S/C29H23N3O5/c1-28-23(33)15-29(37-28,12-13-36-18-7-5-6-17(14-18)16-30)25-24(28)26(34)32(27(25)35)22-11-10-21(31-2)19-8-3-4-9-20(19)22/h3-11,14,23,33-35H,12-13,15H2,1H3/t23-,28?,29?/m1/s1. The number of aliphatic hydroxyl groups is 1. The summed E-state index contributed by atoms with van der Waals surface area (Å²) in [5.74, 6) is 0.153. The molecule has 4 aromatic rings. The monoisotopic (exact) mass is 493 g/mol. The number of nitrogens with zero attached hydrogens (tertiary/aromatic N) is 3. The summed E-state index contributed by atoms with van der Waals surface area (Å²) in [6, 6.07) is 19.6. The van der Waals surface area contributed by atoms with Crippen LogP contribution >= 0.6 is 0 Å². The van der Waals surface area contributed by atoms with Gasteiger partial charge in [-0.2, -0.15) is 5.26 Å². The molecule has 2 unspecified atom stereocenters. The van der Waals surface area contributed by atoms with Crippen molar-refractivity contribution in [2.45, 2.75) is 37.1 Å². The first-order chi connectivity index (χ1) is 17.8. The summed E-state index contributed by atoms with van der Waals surface area (Å²) in [5, 5.41) is 44.5. The molecule has 3 N–H and O–H groups in total. The Morgan fingerprint density at radius 2 is 1.86 bits per heavy atom. The minimum Gasteiger partial charge on any atom is -0.494 e. The number of nitriles is 1. The number of hydrogen-bond acceptors (Lipinski definition) is 6. The maximum Gasteiger partial charge on any atom is 0.205 e. The van der Waals surface area contributed by atoms with Crippen molar-refractivity contribution in [1.82, 2.24) is 4.57 Å². The fourth-order valence-electron chi connectivity index (χ4n) is 5.90. The van der Waals surface area contributed by atoms with Crippen molar-refractivity contribution in [1.29, 1.82) is 5.26 Å². The van der Waals surface area contributed by atoms with Crippen LogP contribution in [0, 0.1) is 17.9 Å². The lowest BCUT2D eigenvalue weighted by Gasteiger charge is -2.26. The van der Waals surface area contributed by atoms with Crippen LogP contribution in [0.4, 0.5) is 5.69 Å². The average molecular weight is 494 g/mol. The molecule has 3 heterocycles. The Morgan fingerprint density at radius 3 is 2.62 bits per heavy atom. The van der Waals surface area contributed by atoms with Gasteiger partial charge in [-0.25, -0.2) is 4.85 Å². The third-order valence-electron chi connectivity index (χ3n) is 7.62. The second-order valence-corrected chi connectivity index (χ2v) is 9.66. The van der Waals surface area contributed by atoms with Crippen molar-refractivity contribution in [3.63, 3.8) is 0 Å². The molecule has 1 aromatic heterocycles. The molecular weight excluding hydrogens is 470 g/mol. The largest absolute Gasteiger partial charge is 0.494 e. The first-order valence-corrected chi connectivity index (χ1v) is 11.9. The summed E-state index contributed by atoms with van der Waals surface area (Å²) in [7, 11) is 0. The van der Waals surface area contributed by atoms with E-state index in [1.807, 2.05) is 24.3 Å². The number of aromatic nitrogens is 1. The first-order valence-electron chi connectivity index (χ1n) is 11.9. The number of fused-ring (bicyclic) bond motifs is 6. The number of aliphatic hydroxyl groups excluding tert-OH is 1. The van der Waals surface area contributed by atoms with Crippen molar-refractivity contribution >= 4 is 16.5 Å². The Kier molecular flexibility index (Phi) is 4.96. The number of aromatic hydroxyl groups is 2. The molecule has 6 rings (SSSR count). The van der Waals surface area contributed by atoms with Crippen molar-refractivity contribution in [2.24, 2.45) is 0 Å². The molecule has 1 fully saturated rings. The molecule has 2 aliphatic heterocycles. The highest BCUT2D eigenvalue weighted by molar-refractivity contribution is 6.00. The molecule has 37 heavy (non-hydrogen) atoms. The van der Waals surface area contributed by atoms with Gasteiger partial charge in [-0.1, -0.05) is 36.4 Å². The summed E-state index contributed by atoms with van der Waals surface area (Å²) in [4.78, 5) is 3.60. The average Bonchev–Trinajstić information content (AvgIpc) is 3.44. The zero-order valence-corrected chi connectivity index (χ0v) is 20.0. The fourth-order valence-corrected chi connectivity index (χ4v) is 5.90. The second kappa shape index (κ2) is 8.01. The van der Waals surface area contributed by atoms with Gasteiger partial charge in [0.05, 0.1) is 47.7 Å². The molecule has 0 saturated carbocycles. The van der Waals surface area contributed by atoms with Gasteiger partial charge >= 0.3 is 0 Å². The van der Waals surface area contributed by atoms with Crippen molar-refractivity contribution < 1.29 is 24.8 Å². The summed E-state index contributed by atoms with van der Waals surface area (Å²) in [6.45, 7) is 9.41. The molecule has 3 aromatic carbocycles. The van der Waals surface area contributed by atoms with Gasteiger partial charge in [0.25, 0.3) is 0 Å². The molecule has 0 spiro atoms. The van der Waals surface area contributed by atoms with Crippen molar-refractivity contribution in [2.75, 3.05) is 6.61 Å². The van der Waals surface area contributed by atoms with Gasteiger partial charge in [-0.05, 0) is 42.0 Å². The van der Waals surface area contributed by atoms with Crippen LogP contribution < -0.4 is 4.74 Å². The minimum atomic E-state index is -1.21. The van der Waals surface area contributed by atoms with E-state index in [1.165, 1.54) is 4.57 Å². The zero-order valence-electron chi connectivity index (χ0n) is 20.0. The van der Waals surface area contributed by atoms with Crippen LogP contribution in [0.5, 0.6) is 17.5 Å². The number of hydrogen-bond donors (Lipinski definition) is 3. The Labute approximate surface area is 213 Å². The molecule has 3 atom stereocenters. The van der Waals surface area contributed by atoms with E-state index in [2.05, 4.69) is 10.9 Å². The molecule has 2 aliphatic rings. The summed E-state index contributed by atoms with van der Waals surface area (Å²) >= 11 is 0. The molecule has 0 amide bonds. The van der Waals surface area contributed by atoms with Crippen LogP contribution in [0.3, 0.4) is 0 Å². The number of rotatable bonds is 5. The van der Waals surface area contributed by atoms with Crippen LogP contribution in [0.1, 0.15) is 36.5 Å². The van der Waals surface area contributed by atoms with E-state index in [4.69, 9.17) is 21.3 Å². The van der Waals surface area contributed by atoms with Crippen LogP contribution in [0.2, 0.25) is 0 Å². The van der Waals surface area contributed by atoms with Crippen LogP contribution in [0.15, 0.2) is 60.7 Å². The van der Waals surface area contributed by atoms with E-state index in [1.54, 1.807) is 43.3 Å². The first kappa shape index (κ1) is 22.9. The normalized spacial score (nSPS) is 23.5. The SMILES string of the molecule is [C-]#[N+]c1ccc(-n2c(O)c3c(c2O)C2(C)OC3(CCOc3cccc(C#N)c3)C[C@H]2O)c2ccccc12. The van der Waals surface area contributed by atoms with Gasteiger partial charge in [-0.3, -0.25) is 4.57 Å². The van der Waals surface area contributed by atoms with Crippen LogP contribution in [0.25, 0.3) is 21.3 Å². The van der Waals surface area contributed by atoms with E-state index in [0.717, 1.165) is 0 Å². The predicted molar refractivity (Wildman–Crippen MR) is 135 cm³/mol. The maximum absolute atomic E-state index is 11.5. The highest BCUT2D eigenvalue weighted by Crippen LogP contribution is 2.65.